The maximum absolute atomic E-state index is 12.5. The highest BCUT2D eigenvalue weighted by molar-refractivity contribution is 6.04. The van der Waals surface area contributed by atoms with E-state index in [0.29, 0.717) is 48.0 Å². The monoisotopic (exact) mass is 422 g/mol. The average molecular weight is 422 g/mol. The highest BCUT2D eigenvalue weighted by atomic mass is 16.5. The third-order valence-corrected chi connectivity index (χ3v) is 5.07. The van der Waals surface area contributed by atoms with Crippen LogP contribution in [0.4, 0.5) is 0 Å². The number of nitrogens with zero attached hydrogens (tertiary/aromatic N) is 4. The molecule has 0 aromatic carbocycles. The van der Waals surface area contributed by atoms with Crippen LogP contribution < -0.4 is 15.4 Å². The van der Waals surface area contributed by atoms with Gasteiger partial charge in [-0.3, -0.25) is 19.3 Å². The van der Waals surface area contributed by atoms with E-state index in [9.17, 15) is 9.59 Å². The standard InChI is InChI=1S/C22H26N6O3/c1-14-9-17(10-26-22(14)31-13-16-3-4-16)11-28-12-18-19(27-28)5-6-24-20(18)21(30)25-8-7-23-15(2)29/h5-6,9-10,12,16H,3-4,7-8,11,13H2,1-2H3,(H,23,29)(H,25,30). The van der Waals surface area contributed by atoms with Gasteiger partial charge in [-0.25, -0.2) is 4.98 Å². The first-order valence-corrected chi connectivity index (χ1v) is 10.4. The number of nitrogens with one attached hydrogen (secondary N) is 2. The van der Waals surface area contributed by atoms with Crippen LogP contribution in [-0.2, 0) is 11.3 Å². The van der Waals surface area contributed by atoms with Gasteiger partial charge in [0.05, 0.1) is 24.1 Å². The number of hydrogen-bond donors (Lipinski definition) is 2. The maximum atomic E-state index is 12.5. The van der Waals surface area contributed by atoms with Crippen LogP contribution in [-0.4, -0.2) is 51.3 Å². The molecule has 3 aromatic rings. The lowest BCUT2D eigenvalue weighted by Gasteiger charge is -2.09. The predicted molar refractivity (Wildman–Crippen MR) is 115 cm³/mol. The maximum Gasteiger partial charge on any atom is 0.270 e. The van der Waals surface area contributed by atoms with Gasteiger partial charge >= 0.3 is 0 Å². The summed E-state index contributed by atoms with van der Waals surface area (Å²) in [5, 5.41) is 10.7. The van der Waals surface area contributed by atoms with Gasteiger partial charge in [-0.05, 0) is 43.4 Å². The average Bonchev–Trinajstić information content (AvgIpc) is 3.47. The molecule has 1 saturated carbocycles. The van der Waals surface area contributed by atoms with Crippen molar-refractivity contribution in [2.75, 3.05) is 19.7 Å². The summed E-state index contributed by atoms with van der Waals surface area (Å²) in [7, 11) is 0. The zero-order valence-electron chi connectivity index (χ0n) is 17.7. The minimum atomic E-state index is -0.301. The van der Waals surface area contributed by atoms with Crippen LogP contribution in [0.5, 0.6) is 5.88 Å². The summed E-state index contributed by atoms with van der Waals surface area (Å²) in [6.07, 6.45) is 7.68. The molecule has 31 heavy (non-hydrogen) atoms. The summed E-state index contributed by atoms with van der Waals surface area (Å²) in [4.78, 5) is 32.1. The zero-order valence-corrected chi connectivity index (χ0v) is 17.7. The van der Waals surface area contributed by atoms with Gasteiger partial charge in [-0.1, -0.05) is 0 Å². The molecule has 3 heterocycles. The molecule has 0 unspecified atom stereocenters. The highest BCUT2D eigenvalue weighted by Gasteiger charge is 2.22. The normalized spacial score (nSPS) is 13.2. The van der Waals surface area contributed by atoms with Gasteiger partial charge in [0.1, 0.15) is 5.69 Å². The van der Waals surface area contributed by atoms with Crippen molar-refractivity contribution in [1.82, 2.24) is 30.4 Å². The molecule has 0 radical (unpaired) electrons. The number of hydrogen-bond acceptors (Lipinski definition) is 6. The second-order valence-corrected chi connectivity index (χ2v) is 7.88. The molecule has 0 saturated heterocycles. The smallest absolute Gasteiger partial charge is 0.270 e. The molecule has 2 amide bonds. The van der Waals surface area contributed by atoms with E-state index in [1.54, 1.807) is 23.1 Å². The summed E-state index contributed by atoms with van der Waals surface area (Å²) < 4.78 is 7.58. The van der Waals surface area contributed by atoms with Gasteiger partial charge < -0.3 is 15.4 Å². The number of aryl methyl sites for hydroxylation is 1. The molecule has 1 fully saturated rings. The second-order valence-electron chi connectivity index (χ2n) is 7.88. The molecule has 4 rings (SSSR count). The minimum Gasteiger partial charge on any atom is -0.477 e. The van der Waals surface area contributed by atoms with Crippen LogP contribution >= 0.6 is 0 Å². The number of ether oxygens (including phenoxy) is 1. The van der Waals surface area contributed by atoms with Gasteiger partial charge in [0.2, 0.25) is 11.8 Å². The molecule has 0 spiro atoms. The Morgan fingerprint density at radius 1 is 1.23 bits per heavy atom. The Balaban J connectivity index is 1.44. The largest absolute Gasteiger partial charge is 0.477 e. The third kappa shape index (κ3) is 5.36. The van der Waals surface area contributed by atoms with E-state index in [4.69, 9.17) is 4.74 Å². The second kappa shape index (κ2) is 9.11. The number of pyridine rings is 2. The number of amides is 2. The van der Waals surface area contributed by atoms with Gasteiger partial charge in [-0.15, -0.1) is 0 Å². The molecule has 162 valence electrons. The Hall–Kier alpha value is -3.49. The molecular formula is C22H26N6O3. The van der Waals surface area contributed by atoms with Gasteiger partial charge in [-0.2, -0.15) is 5.10 Å². The summed E-state index contributed by atoms with van der Waals surface area (Å²) >= 11 is 0. The summed E-state index contributed by atoms with van der Waals surface area (Å²) in [6.45, 7) is 5.37. The van der Waals surface area contributed by atoms with Crippen molar-refractivity contribution in [2.24, 2.45) is 5.92 Å². The van der Waals surface area contributed by atoms with Crippen molar-refractivity contribution >= 4 is 22.7 Å². The first-order valence-electron chi connectivity index (χ1n) is 10.4. The number of rotatable bonds is 9. The Bertz CT molecular complexity index is 1110. The molecule has 9 nitrogen and oxygen atoms in total. The van der Waals surface area contributed by atoms with E-state index in [0.717, 1.165) is 17.7 Å². The molecule has 9 heteroatoms. The van der Waals surface area contributed by atoms with Crippen molar-refractivity contribution in [3.05, 3.63) is 47.5 Å². The summed E-state index contributed by atoms with van der Waals surface area (Å²) in [5.41, 5.74) is 3.00. The predicted octanol–water partition coefficient (Wildman–Crippen LogP) is 1.84. The molecule has 0 atom stereocenters. The fraction of sp³-hybridized carbons (Fsp3) is 0.409. The van der Waals surface area contributed by atoms with E-state index < -0.39 is 0 Å². The summed E-state index contributed by atoms with van der Waals surface area (Å²) in [6, 6.07) is 3.83. The first kappa shape index (κ1) is 20.8. The van der Waals surface area contributed by atoms with E-state index in [2.05, 4.69) is 31.8 Å². The fourth-order valence-corrected chi connectivity index (χ4v) is 3.28. The fourth-order valence-electron chi connectivity index (χ4n) is 3.28. The number of fused-ring (bicyclic) bond motifs is 1. The molecule has 2 N–H and O–H groups in total. The lowest BCUT2D eigenvalue weighted by molar-refractivity contribution is -0.118. The third-order valence-electron chi connectivity index (χ3n) is 5.07. The lowest BCUT2D eigenvalue weighted by Crippen LogP contribution is -2.34. The van der Waals surface area contributed by atoms with Crippen LogP contribution in [0.3, 0.4) is 0 Å². The van der Waals surface area contributed by atoms with Gasteiger partial charge in [0, 0.05) is 44.2 Å². The van der Waals surface area contributed by atoms with E-state index in [1.807, 2.05) is 13.1 Å². The number of aromatic nitrogens is 4. The van der Waals surface area contributed by atoms with Crippen LogP contribution in [0.2, 0.25) is 0 Å². The van der Waals surface area contributed by atoms with Crippen LogP contribution in [0, 0.1) is 12.8 Å². The molecule has 3 aromatic heterocycles. The molecule has 0 aliphatic heterocycles. The lowest BCUT2D eigenvalue weighted by atomic mass is 10.2. The van der Waals surface area contributed by atoms with E-state index >= 15 is 0 Å². The highest BCUT2D eigenvalue weighted by Crippen LogP contribution is 2.29. The van der Waals surface area contributed by atoms with Gasteiger partial charge in [0.15, 0.2) is 0 Å². The zero-order chi connectivity index (χ0) is 21.8. The Kier molecular flexibility index (Phi) is 6.11. The van der Waals surface area contributed by atoms with Gasteiger partial charge in [0.25, 0.3) is 5.91 Å². The first-order chi connectivity index (χ1) is 15.0. The minimum absolute atomic E-state index is 0.136. The van der Waals surface area contributed by atoms with E-state index in [-0.39, 0.29) is 11.8 Å². The molecule has 1 aliphatic rings. The number of carbonyl (C=O) groups is 2. The molecule has 0 bridgehead atoms. The summed E-state index contributed by atoms with van der Waals surface area (Å²) in [5.74, 6) is 0.930. The van der Waals surface area contributed by atoms with E-state index in [1.165, 1.54) is 19.8 Å². The van der Waals surface area contributed by atoms with Crippen molar-refractivity contribution in [3.63, 3.8) is 0 Å². The Morgan fingerprint density at radius 2 is 2.03 bits per heavy atom. The Morgan fingerprint density at radius 3 is 2.77 bits per heavy atom. The van der Waals surface area contributed by atoms with Crippen LogP contribution in [0.25, 0.3) is 10.9 Å². The van der Waals surface area contributed by atoms with Crippen LogP contribution in [0.15, 0.2) is 30.7 Å². The SMILES string of the molecule is CC(=O)NCCNC(=O)c1nccc2nn(Cc3cnc(OCC4CC4)c(C)c3)cc12. The van der Waals surface area contributed by atoms with Crippen molar-refractivity contribution in [2.45, 2.75) is 33.2 Å². The quantitative estimate of drug-likeness (QED) is 0.509. The molecule has 1 aliphatic carbocycles. The Labute approximate surface area is 180 Å². The van der Waals surface area contributed by atoms with Crippen molar-refractivity contribution in [3.8, 4) is 5.88 Å². The van der Waals surface area contributed by atoms with Crippen molar-refractivity contribution < 1.29 is 14.3 Å². The van der Waals surface area contributed by atoms with Crippen molar-refractivity contribution in [1.29, 1.82) is 0 Å². The topological polar surface area (TPSA) is 111 Å². The van der Waals surface area contributed by atoms with Crippen LogP contribution in [0.1, 0.15) is 41.4 Å². The number of carbonyl (C=O) groups excluding carboxylic acids is 2. The molecular weight excluding hydrogens is 396 g/mol.